The average Bonchev–Trinajstić information content (AvgIpc) is 2.86. The number of ether oxygens (including phenoxy) is 1. The van der Waals surface area contributed by atoms with Crippen LogP contribution in [-0.2, 0) is 16.0 Å². The number of carbonyl (C=O) groups excluding carboxylic acids is 1. The van der Waals surface area contributed by atoms with Crippen molar-refractivity contribution in [3.05, 3.63) is 42.5 Å². The number of fused-ring (bicyclic) bond motifs is 1. The standard InChI is InChI=1S/C15H20N2O2/c1-2-3-9-19-10-8-16-15(18)14-11-12-6-4-5-7-13(12)17-14/h2,4-7,14,17H,1,3,8-11H2,(H,16,18)/t14-/m0/s1. The second kappa shape index (κ2) is 6.95. The molecule has 19 heavy (non-hydrogen) atoms. The molecule has 1 amide bonds. The molecule has 4 nitrogen and oxygen atoms in total. The average molecular weight is 260 g/mol. The highest BCUT2D eigenvalue weighted by molar-refractivity contribution is 5.87. The summed E-state index contributed by atoms with van der Waals surface area (Å²) in [5, 5.41) is 6.11. The van der Waals surface area contributed by atoms with Gasteiger partial charge in [0, 0.05) is 18.7 Å². The Labute approximate surface area is 113 Å². The molecule has 1 aliphatic heterocycles. The van der Waals surface area contributed by atoms with E-state index >= 15 is 0 Å². The van der Waals surface area contributed by atoms with Gasteiger partial charge in [-0.25, -0.2) is 0 Å². The third kappa shape index (κ3) is 3.83. The van der Waals surface area contributed by atoms with Gasteiger partial charge in [0.1, 0.15) is 6.04 Å². The Morgan fingerprint density at radius 3 is 3.11 bits per heavy atom. The normalized spacial score (nSPS) is 16.5. The van der Waals surface area contributed by atoms with Crippen molar-refractivity contribution in [1.29, 1.82) is 0 Å². The Kier molecular flexibility index (Phi) is 4.98. The highest BCUT2D eigenvalue weighted by Crippen LogP contribution is 2.24. The van der Waals surface area contributed by atoms with Crippen molar-refractivity contribution < 1.29 is 9.53 Å². The third-order valence-electron chi connectivity index (χ3n) is 3.10. The maximum absolute atomic E-state index is 12.0. The topological polar surface area (TPSA) is 50.4 Å². The molecule has 0 bridgehead atoms. The number of amides is 1. The predicted molar refractivity (Wildman–Crippen MR) is 76.2 cm³/mol. The van der Waals surface area contributed by atoms with Gasteiger partial charge in [0.05, 0.1) is 13.2 Å². The maximum atomic E-state index is 12.0. The van der Waals surface area contributed by atoms with Gasteiger partial charge in [-0.1, -0.05) is 24.3 Å². The first-order valence-electron chi connectivity index (χ1n) is 6.62. The van der Waals surface area contributed by atoms with Gasteiger partial charge in [0.25, 0.3) is 0 Å². The number of hydrogen-bond acceptors (Lipinski definition) is 3. The molecule has 1 aliphatic rings. The number of carbonyl (C=O) groups is 1. The largest absolute Gasteiger partial charge is 0.379 e. The summed E-state index contributed by atoms with van der Waals surface area (Å²) in [6.45, 7) is 5.37. The summed E-state index contributed by atoms with van der Waals surface area (Å²) in [5.74, 6) is 0.0310. The lowest BCUT2D eigenvalue weighted by atomic mass is 10.1. The van der Waals surface area contributed by atoms with E-state index in [1.54, 1.807) is 0 Å². The number of hydrogen-bond donors (Lipinski definition) is 2. The Balaban J connectivity index is 1.67. The second-order valence-electron chi connectivity index (χ2n) is 4.54. The van der Waals surface area contributed by atoms with Crippen molar-refractivity contribution in [2.45, 2.75) is 18.9 Å². The molecule has 0 saturated carbocycles. The van der Waals surface area contributed by atoms with Crippen LogP contribution >= 0.6 is 0 Å². The minimum absolute atomic E-state index is 0.0310. The molecule has 0 spiro atoms. The van der Waals surface area contributed by atoms with Crippen LogP contribution in [0.15, 0.2) is 36.9 Å². The van der Waals surface area contributed by atoms with Crippen molar-refractivity contribution >= 4 is 11.6 Å². The minimum Gasteiger partial charge on any atom is -0.379 e. The summed E-state index contributed by atoms with van der Waals surface area (Å²) >= 11 is 0. The molecule has 0 fully saturated rings. The summed E-state index contributed by atoms with van der Waals surface area (Å²) in [5.41, 5.74) is 2.26. The van der Waals surface area contributed by atoms with E-state index in [4.69, 9.17) is 4.74 Å². The van der Waals surface area contributed by atoms with Crippen LogP contribution in [0.25, 0.3) is 0 Å². The van der Waals surface area contributed by atoms with Crippen LogP contribution in [0.2, 0.25) is 0 Å². The number of rotatable bonds is 7. The number of anilines is 1. The smallest absolute Gasteiger partial charge is 0.242 e. The van der Waals surface area contributed by atoms with Crippen molar-refractivity contribution in [2.24, 2.45) is 0 Å². The first-order chi connectivity index (χ1) is 9.31. The van der Waals surface area contributed by atoms with Crippen molar-refractivity contribution in [2.75, 3.05) is 25.1 Å². The quantitative estimate of drug-likeness (QED) is 0.580. The van der Waals surface area contributed by atoms with E-state index in [0.29, 0.717) is 19.8 Å². The zero-order chi connectivity index (χ0) is 13.5. The van der Waals surface area contributed by atoms with Gasteiger partial charge in [-0.2, -0.15) is 0 Å². The van der Waals surface area contributed by atoms with Crippen LogP contribution in [-0.4, -0.2) is 31.7 Å². The van der Waals surface area contributed by atoms with E-state index in [-0.39, 0.29) is 11.9 Å². The molecule has 1 heterocycles. The van der Waals surface area contributed by atoms with Crippen LogP contribution in [0.1, 0.15) is 12.0 Å². The molecule has 0 aromatic heterocycles. The molecule has 0 unspecified atom stereocenters. The Morgan fingerprint density at radius 1 is 1.47 bits per heavy atom. The lowest BCUT2D eigenvalue weighted by Crippen LogP contribution is -2.39. The number of nitrogens with one attached hydrogen (secondary N) is 2. The fourth-order valence-electron chi connectivity index (χ4n) is 2.09. The number of benzene rings is 1. The van der Waals surface area contributed by atoms with Crippen LogP contribution in [0, 0.1) is 0 Å². The predicted octanol–water partition coefficient (Wildman–Crippen LogP) is 1.73. The van der Waals surface area contributed by atoms with Crippen molar-refractivity contribution in [3.8, 4) is 0 Å². The molecule has 0 aliphatic carbocycles. The molecule has 1 aromatic carbocycles. The lowest BCUT2D eigenvalue weighted by Gasteiger charge is -2.12. The van der Waals surface area contributed by atoms with E-state index < -0.39 is 0 Å². The van der Waals surface area contributed by atoms with E-state index in [1.807, 2.05) is 30.3 Å². The zero-order valence-electron chi connectivity index (χ0n) is 11.0. The Bertz CT molecular complexity index is 421. The lowest BCUT2D eigenvalue weighted by molar-refractivity contribution is -0.121. The van der Waals surface area contributed by atoms with Crippen LogP contribution in [0.5, 0.6) is 0 Å². The third-order valence-corrected chi connectivity index (χ3v) is 3.10. The summed E-state index contributed by atoms with van der Waals surface area (Å²) in [7, 11) is 0. The maximum Gasteiger partial charge on any atom is 0.242 e. The monoisotopic (exact) mass is 260 g/mol. The summed E-state index contributed by atoms with van der Waals surface area (Å²) in [6, 6.07) is 7.86. The fourth-order valence-corrected chi connectivity index (χ4v) is 2.09. The van der Waals surface area contributed by atoms with Gasteiger partial charge in [-0.05, 0) is 18.1 Å². The first-order valence-corrected chi connectivity index (χ1v) is 6.62. The van der Waals surface area contributed by atoms with Gasteiger partial charge >= 0.3 is 0 Å². The molecule has 1 aromatic rings. The van der Waals surface area contributed by atoms with E-state index in [0.717, 1.165) is 18.5 Å². The fraction of sp³-hybridized carbons (Fsp3) is 0.400. The molecular weight excluding hydrogens is 240 g/mol. The van der Waals surface area contributed by atoms with E-state index in [2.05, 4.69) is 17.2 Å². The highest BCUT2D eigenvalue weighted by atomic mass is 16.5. The van der Waals surface area contributed by atoms with Gasteiger partial charge in [-0.15, -0.1) is 6.58 Å². The van der Waals surface area contributed by atoms with Crippen molar-refractivity contribution in [1.82, 2.24) is 5.32 Å². The summed E-state index contributed by atoms with van der Waals surface area (Å²) < 4.78 is 5.34. The van der Waals surface area contributed by atoms with Gasteiger partial charge in [-0.3, -0.25) is 4.79 Å². The molecule has 102 valence electrons. The van der Waals surface area contributed by atoms with Crippen LogP contribution < -0.4 is 10.6 Å². The van der Waals surface area contributed by atoms with Gasteiger partial charge in [0.2, 0.25) is 5.91 Å². The SMILES string of the molecule is C=CCCOCCNC(=O)[C@@H]1Cc2ccccc2N1. The molecule has 0 saturated heterocycles. The second-order valence-corrected chi connectivity index (χ2v) is 4.54. The van der Waals surface area contributed by atoms with Crippen LogP contribution in [0.3, 0.4) is 0 Å². The molecule has 1 atom stereocenters. The molecular formula is C15H20N2O2. The Hall–Kier alpha value is -1.81. The molecule has 2 N–H and O–H groups in total. The van der Waals surface area contributed by atoms with E-state index in [1.165, 1.54) is 5.56 Å². The highest BCUT2D eigenvalue weighted by Gasteiger charge is 2.25. The zero-order valence-corrected chi connectivity index (χ0v) is 11.0. The Morgan fingerprint density at radius 2 is 2.32 bits per heavy atom. The summed E-state index contributed by atoms with van der Waals surface area (Å²) in [6.07, 6.45) is 3.41. The minimum atomic E-state index is -0.162. The molecule has 0 radical (unpaired) electrons. The molecule has 2 rings (SSSR count). The van der Waals surface area contributed by atoms with Crippen LogP contribution in [0.4, 0.5) is 5.69 Å². The first kappa shape index (κ1) is 13.6. The van der Waals surface area contributed by atoms with Gasteiger partial charge in [0.15, 0.2) is 0 Å². The van der Waals surface area contributed by atoms with Gasteiger partial charge < -0.3 is 15.4 Å². The van der Waals surface area contributed by atoms with Crippen molar-refractivity contribution in [3.63, 3.8) is 0 Å². The number of para-hydroxylation sites is 1. The molecule has 4 heteroatoms. The van der Waals surface area contributed by atoms with E-state index in [9.17, 15) is 4.79 Å². The summed E-state index contributed by atoms with van der Waals surface area (Å²) in [4.78, 5) is 12.0.